The van der Waals surface area contributed by atoms with Gasteiger partial charge in [0.2, 0.25) is 5.91 Å². The van der Waals surface area contributed by atoms with Gasteiger partial charge in [-0.25, -0.2) is 8.78 Å². The fourth-order valence-corrected chi connectivity index (χ4v) is 4.64. The van der Waals surface area contributed by atoms with Crippen LogP contribution in [0.3, 0.4) is 0 Å². The van der Waals surface area contributed by atoms with Crippen LogP contribution >= 0.6 is 0 Å². The van der Waals surface area contributed by atoms with Crippen molar-refractivity contribution in [1.82, 2.24) is 9.80 Å². The first-order chi connectivity index (χ1) is 15.8. The lowest BCUT2D eigenvalue weighted by Gasteiger charge is -2.30. The Morgan fingerprint density at radius 3 is 2.58 bits per heavy atom. The summed E-state index contributed by atoms with van der Waals surface area (Å²) in [6.07, 6.45) is 0. The highest BCUT2D eigenvalue weighted by Crippen LogP contribution is 2.35. The number of carbonyl (C=O) groups excluding carboxylic acids is 1. The Bertz CT molecular complexity index is 938. The third-order valence-electron chi connectivity index (χ3n) is 6.09. The lowest BCUT2D eigenvalue weighted by atomic mass is 9.88. The minimum Gasteiger partial charge on any atom is -0.497 e. The summed E-state index contributed by atoms with van der Waals surface area (Å²) in [4.78, 5) is 16.9. The first-order valence-corrected chi connectivity index (χ1v) is 11.4. The van der Waals surface area contributed by atoms with E-state index < -0.39 is 11.6 Å². The molecular formula is C26H34F2N2O3. The summed E-state index contributed by atoms with van der Waals surface area (Å²) in [5.41, 5.74) is 1.88. The second kappa shape index (κ2) is 11.6. The molecule has 1 heterocycles. The summed E-state index contributed by atoms with van der Waals surface area (Å²) in [7, 11) is 3.18. The van der Waals surface area contributed by atoms with Gasteiger partial charge < -0.3 is 14.4 Å². The number of ether oxygens (including phenoxy) is 2. The van der Waals surface area contributed by atoms with Gasteiger partial charge in [0, 0.05) is 45.8 Å². The maximum Gasteiger partial charge on any atom is 0.248 e. The molecule has 5 nitrogen and oxygen atoms in total. The molecule has 2 aromatic carbocycles. The van der Waals surface area contributed by atoms with Crippen molar-refractivity contribution in [2.45, 2.75) is 26.3 Å². The fraction of sp³-hybridized carbons (Fsp3) is 0.500. The Hall–Kier alpha value is -2.51. The quantitative estimate of drug-likeness (QED) is 0.530. The molecule has 0 saturated carbocycles. The van der Waals surface area contributed by atoms with Crippen LogP contribution in [-0.2, 0) is 16.1 Å². The van der Waals surface area contributed by atoms with Crippen LogP contribution in [0.15, 0.2) is 42.5 Å². The molecule has 1 saturated heterocycles. The molecule has 1 fully saturated rings. The molecule has 2 aromatic rings. The molecule has 2 atom stereocenters. The van der Waals surface area contributed by atoms with Gasteiger partial charge in [0.1, 0.15) is 12.4 Å². The number of rotatable bonds is 10. The van der Waals surface area contributed by atoms with Crippen molar-refractivity contribution in [2.24, 2.45) is 11.8 Å². The number of hydrogen-bond donors (Lipinski definition) is 0. The first kappa shape index (κ1) is 25.1. The van der Waals surface area contributed by atoms with Gasteiger partial charge in [-0.1, -0.05) is 32.0 Å². The van der Waals surface area contributed by atoms with Crippen LogP contribution in [0.1, 0.15) is 30.9 Å². The number of halogens is 2. The summed E-state index contributed by atoms with van der Waals surface area (Å²) in [5.74, 6) is -0.207. The van der Waals surface area contributed by atoms with Crippen molar-refractivity contribution in [3.8, 4) is 5.75 Å². The largest absolute Gasteiger partial charge is 0.497 e. The van der Waals surface area contributed by atoms with E-state index in [1.807, 2.05) is 23.1 Å². The molecule has 0 unspecified atom stereocenters. The average molecular weight is 461 g/mol. The SMILES string of the molecule is COCC(=O)N(CC(C)C)C[C@H]1CN(Cc2ccc(F)c(F)c2)C[C@@H]1c1cccc(OC)c1. The summed E-state index contributed by atoms with van der Waals surface area (Å²) in [6.45, 7) is 7.53. The summed E-state index contributed by atoms with van der Waals surface area (Å²) >= 11 is 0. The minimum absolute atomic E-state index is 0.0188. The second-order valence-electron chi connectivity index (χ2n) is 9.21. The average Bonchev–Trinajstić information content (AvgIpc) is 3.18. The Morgan fingerprint density at radius 1 is 1.12 bits per heavy atom. The normalized spacial score (nSPS) is 18.6. The summed E-state index contributed by atoms with van der Waals surface area (Å²) in [6, 6.07) is 12.1. The van der Waals surface area contributed by atoms with Crippen molar-refractivity contribution in [2.75, 3.05) is 47.0 Å². The number of hydrogen-bond acceptors (Lipinski definition) is 4. The topological polar surface area (TPSA) is 42.0 Å². The van der Waals surface area contributed by atoms with Crippen LogP contribution in [0.25, 0.3) is 0 Å². The first-order valence-electron chi connectivity index (χ1n) is 11.4. The zero-order valence-electron chi connectivity index (χ0n) is 19.9. The van der Waals surface area contributed by atoms with Crippen LogP contribution in [0.2, 0.25) is 0 Å². The highest BCUT2D eigenvalue weighted by molar-refractivity contribution is 5.77. The number of methoxy groups -OCH3 is 2. The Labute approximate surface area is 195 Å². The van der Waals surface area contributed by atoms with E-state index in [4.69, 9.17) is 9.47 Å². The van der Waals surface area contributed by atoms with Crippen molar-refractivity contribution < 1.29 is 23.0 Å². The lowest BCUT2D eigenvalue weighted by molar-refractivity contribution is -0.136. The van der Waals surface area contributed by atoms with E-state index in [0.717, 1.165) is 30.0 Å². The third-order valence-corrected chi connectivity index (χ3v) is 6.09. The highest BCUT2D eigenvalue weighted by atomic mass is 19.2. The Kier molecular flexibility index (Phi) is 8.80. The predicted molar refractivity (Wildman–Crippen MR) is 124 cm³/mol. The molecule has 1 aliphatic heterocycles. The number of carbonyl (C=O) groups is 1. The zero-order valence-corrected chi connectivity index (χ0v) is 19.9. The highest BCUT2D eigenvalue weighted by Gasteiger charge is 2.36. The molecule has 33 heavy (non-hydrogen) atoms. The predicted octanol–water partition coefficient (Wildman–Crippen LogP) is 4.32. The molecule has 1 aliphatic rings. The van der Waals surface area contributed by atoms with Crippen LogP contribution in [0.4, 0.5) is 8.78 Å². The van der Waals surface area contributed by atoms with Crippen LogP contribution in [0.5, 0.6) is 5.75 Å². The number of amides is 1. The van der Waals surface area contributed by atoms with E-state index in [1.165, 1.54) is 19.2 Å². The zero-order chi connectivity index (χ0) is 24.0. The summed E-state index contributed by atoms with van der Waals surface area (Å²) in [5, 5.41) is 0. The van der Waals surface area contributed by atoms with Gasteiger partial charge in [-0.2, -0.15) is 0 Å². The van der Waals surface area contributed by atoms with Crippen LogP contribution in [0, 0.1) is 23.5 Å². The molecule has 7 heteroatoms. The van der Waals surface area contributed by atoms with E-state index in [2.05, 4.69) is 24.8 Å². The molecule has 0 N–H and O–H groups in total. The van der Waals surface area contributed by atoms with Gasteiger partial charge in [0.15, 0.2) is 11.6 Å². The Morgan fingerprint density at radius 2 is 1.91 bits per heavy atom. The van der Waals surface area contributed by atoms with Crippen molar-refractivity contribution in [1.29, 1.82) is 0 Å². The van der Waals surface area contributed by atoms with Gasteiger partial charge in [0.05, 0.1) is 7.11 Å². The molecule has 0 aromatic heterocycles. The molecule has 0 bridgehead atoms. The Balaban J connectivity index is 1.84. The van der Waals surface area contributed by atoms with E-state index in [9.17, 15) is 13.6 Å². The number of benzene rings is 2. The van der Waals surface area contributed by atoms with Gasteiger partial charge in [0.25, 0.3) is 0 Å². The van der Waals surface area contributed by atoms with Crippen LogP contribution < -0.4 is 4.74 Å². The molecule has 0 radical (unpaired) electrons. The van der Waals surface area contributed by atoms with Crippen molar-refractivity contribution in [3.05, 3.63) is 65.2 Å². The van der Waals surface area contributed by atoms with E-state index in [-0.39, 0.29) is 24.3 Å². The fourth-order valence-electron chi connectivity index (χ4n) is 4.64. The van der Waals surface area contributed by atoms with Gasteiger partial charge in [-0.3, -0.25) is 9.69 Å². The van der Waals surface area contributed by atoms with Gasteiger partial charge in [-0.15, -0.1) is 0 Å². The lowest BCUT2D eigenvalue weighted by Crippen LogP contribution is -2.41. The monoisotopic (exact) mass is 460 g/mol. The molecule has 180 valence electrons. The molecular weight excluding hydrogens is 426 g/mol. The van der Waals surface area contributed by atoms with E-state index in [1.54, 1.807) is 13.2 Å². The smallest absolute Gasteiger partial charge is 0.248 e. The second-order valence-corrected chi connectivity index (χ2v) is 9.21. The summed E-state index contributed by atoms with van der Waals surface area (Å²) < 4.78 is 37.7. The third kappa shape index (κ3) is 6.74. The van der Waals surface area contributed by atoms with Gasteiger partial charge in [-0.05, 0) is 47.2 Å². The minimum atomic E-state index is -0.840. The molecule has 3 rings (SSSR count). The van der Waals surface area contributed by atoms with E-state index >= 15 is 0 Å². The maximum atomic E-state index is 13.7. The standard InChI is InChI=1S/C26H34F2N2O3/c1-18(2)12-30(26(31)17-32-3)15-21-14-29(13-19-8-9-24(27)25(28)10-19)16-23(21)20-6-5-7-22(11-20)33-4/h5-11,18,21,23H,12-17H2,1-4H3/t21-,23-/m1/s1. The van der Waals surface area contributed by atoms with Crippen LogP contribution in [-0.4, -0.2) is 62.7 Å². The number of likely N-dealkylation sites (tertiary alicyclic amines) is 1. The molecule has 0 aliphatic carbocycles. The molecule has 1 amide bonds. The van der Waals surface area contributed by atoms with Crippen molar-refractivity contribution in [3.63, 3.8) is 0 Å². The van der Waals surface area contributed by atoms with Gasteiger partial charge >= 0.3 is 0 Å². The van der Waals surface area contributed by atoms with E-state index in [0.29, 0.717) is 25.6 Å². The maximum absolute atomic E-state index is 13.7. The van der Waals surface area contributed by atoms with Crippen molar-refractivity contribution >= 4 is 5.91 Å². The molecule has 0 spiro atoms. The number of nitrogens with zero attached hydrogens (tertiary/aromatic N) is 2.